The summed E-state index contributed by atoms with van der Waals surface area (Å²) in [6, 6.07) is 6.57. The summed E-state index contributed by atoms with van der Waals surface area (Å²) in [7, 11) is 0. The van der Waals surface area contributed by atoms with Crippen LogP contribution >= 0.6 is 0 Å². The minimum absolute atomic E-state index is 0.0858. The quantitative estimate of drug-likeness (QED) is 0.702. The van der Waals surface area contributed by atoms with Crippen molar-refractivity contribution >= 4 is 17.3 Å². The molecule has 0 aliphatic rings. The van der Waals surface area contributed by atoms with Crippen molar-refractivity contribution in [2.24, 2.45) is 0 Å². The van der Waals surface area contributed by atoms with E-state index in [0.29, 0.717) is 12.2 Å². The highest BCUT2D eigenvalue weighted by atomic mass is 16.4. The number of nitrogens with two attached hydrogens (primary N) is 1. The van der Waals surface area contributed by atoms with Crippen LogP contribution in [0.15, 0.2) is 36.8 Å². The van der Waals surface area contributed by atoms with Gasteiger partial charge in [0.05, 0.1) is 17.8 Å². The van der Waals surface area contributed by atoms with E-state index in [4.69, 9.17) is 10.8 Å². The second-order valence-electron chi connectivity index (χ2n) is 3.66. The molecule has 18 heavy (non-hydrogen) atoms. The molecule has 0 radical (unpaired) electrons. The van der Waals surface area contributed by atoms with Crippen molar-refractivity contribution in [3.8, 4) is 0 Å². The summed E-state index contributed by atoms with van der Waals surface area (Å²) in [6.07, 6.45) is 3.11. The lowest BCUT2D eigenvalue weighted by Gasteiger charge is -2.08. The number of nitrogens with one attached hydrogen (secondary N) is 1. The Hall–Kier alpha value is -2.63. The zero-order chi connectivity index (χ0) is 13.0. The number of carboxylic acid groups (broad SMARTS) is 1. The molecule has 1 aromatic carbocycles. The monoisotopic (exact) mass is 244 g/mol. The molecule has 0 saturated heterocycles. The summed E-state index contributed by atoms with van der Waals surface area (Å²) in [5.74, 6) is -1.04. The maximum Gasteiger partial charge on any atom is 0.337 e. The van der Waals surface area contributed by atoms with Gasteiger partial charge in [0.2, 0.25) is 0 Å². The number of nitrogen functional groups attached to an aromatic ring is 1. The molecular formula is C12H12N4O2. The Labute approximate surface area is 104 Å². The number of benzene rings is 1. The normalized spacial score (nSPS) is 10.0. The maximum absolute atomic E-state index is 10.9. The van der Waals surface area contributed by atoms with Crippen molar-refractivity contribution in [3.63, 3.8) is 0 Å². The highest BCUT2D eigenvalue weighted by molar-refractivity contribution is 5.94. The number of hydrogen-bond donors (Lipinski definition) is 3. The average Bonchev–Trinajstić information content (AvgIpc) is 2.38. The first kappa shape index (κ1) is 11.8. The maximum atomic E-state index is 10.9. The van der Waals surface area contributed by atoms with Crippen LogP contribution in [0.4, 0.5) is 11.4 Å². The highest BCUT2D eigenvalue weighted by Crippen LogP contribution is 2.18. The molecule has 1 heterocycles. The van der Waals surface area contributed by atoms with Gasteiger partial charge in [-0.15, -0.1) is 0 Å². The summed E-state index contributed by atoms with van der Waals surface area (Å²) in [5.41, 5.74) is 7.40. The van der Waals surface area contributed by atoms with E-state index in [1.54, 1.807) is 24.4 Å². The Morgan fingerprint density at radius 2 is 2.22 bits per heavy atom. The first-order valence-corrected chi connectivity index (χ1v) is 5.28. The molecule has 1 aromatic heterocycles. The van der Waals surface area contributed by atoms with E-state index < -0.39 is 5.97 Å². The first-order chi connectivity index (χ1) is 8.66. The number of aromatic nitrogens is 2. The smallest absolute Gasteiger partial charge is 0.337 e. The Kier molecular flexibility index (Phi) is 3.38. The molecule has 6 heteroatoms. The zero-order valence-corrected chi connectivity index (χ0v) is 9.50. The van der Waals surface area contributed by atoms with Gasteiger partial charge in [0.25, 0.3) is 0 Å². The molecule has 2 rings (SSSR count). The van der Waals surface area contributed by atoms with Crippen LogP contribution in [-0.4, -0.2) is 21.0 Å². The fourth-order valence-electron chi connectivity index (χ4n) is 1.47. The number of nitrogens with zero attached hydrogens (tertiary/aromatic N) is 2. The number of carboxylic acids is 1. The van der Waals surface area contributed by atoms with Crippen molar-refractivity contribution in [1.82, 2.24) is 9.97 Å². The van der Waals surface area contributed by atoms with Crippen molar-refractivity contribution in [2.75, 3.05) is 11.1 Å². The summed E-state index contributed by atoms with van der Waals surface area (Å²) in [6.45, 7) is 0.492. The zero-order valence-electron chi connectivity index (χ0n) is 9.50. The number of anilines is 2. The van der Waals surface area contributed by atoms with Gasteiger partial charge in [-0.25, -0.2) is 14.8 Å². The van der Waals surface area contributed by atoms with E-state index in [2.05, 4.69) is 15.3 Å². The third kappa shape index (κ3) is 2.73. The largest absolute Gasteiger partial charge is 0.478 e. The molecule has 0 aliphatic heterocycles. The van der Waals surface area contributed by atoms with Gasteiger partial charge in [-0.1, -0.05) is 0 Å². The predicted molar refractivity (Wildman–Crippen MR) is 67.2 cm³/mol. The van der Waals surface area contributed by atoms with Gasteiger partial charge >= 0.3 is 5.97 Å². The Bertz CT molecular complexity index is 557. The van der Waals surface area contributed by atoms with Crippen molar-refractivity contribution < 1.29 is 9.90 Å². The molecule has 0 atom stereocenters. The standard InChI is InChI=1S/C12H12N4O2/c13-11-2-1-8(5-10(11)12(17)18)15-6-9-3-4-14-7-16-9/h1-5,7,15H,6,13H2,(H,17,18). The summed E-state index contributed by atoms with van der Waals surface area (Å²) < 4.78 is 0. The van der Waals surface area contributed by atoms with E-state index >= 15 is 0 Å². The molecule has 0 fully saturated rings. The topological polar surface area (TPSA) is 101 Å². The molecule has 92 valence electrons. The van der Waals surface area contributed by atoms with Crippen LogP contribution in [0, 0.1) is 0 Å². The van der Waals surface area contributed by atoms with Crippen LogP contribution in [-0.2, 0) is 6.54 Å². The molecule has 0 spiro atoms. The predicted octanol–water partition coefficient (Wildman–Crippen LogP) is 1.37. The molecule has 0 unspecified atom stereocenters. The number of aromatic carboxylic acids is 1. The minimum Gasteiger partial charge on any atom is -0.478 e. The van der Waals surface area contributed by atoms with Crippen LogP contribution in [0.25, 0.3) is 0 Å². The van der Waals surface area contributed by atoms with Crippen molar-refractivity contribution in [3.05, 3.63) is 48.0 Å². The summed E-state index contributed by atoms with van der Waals surface area (Å²) in [5, 5.41) is 12.0. The van der Waals surface area contributed by atoms with Crippen LogP contribution < -0.4 is 11.1 Å². The molecule has 2 aromatic rings. The van der Waals surface area contributed by atoms with Gasteiger partial charge in [0.15, 0.2) is 0 Å². The SMILES string of the molecule is Nc1ccc(NCc2ccncn2)cc1C(=O)O. The lowest BCUT2D eigenvalue weighted by molar-refractivity contribution is 0.0698. The van der Waals surface area contributed by atoms with E-state index in [0.717, 1.165) is 5.69 Å². The highest BCUT2D eigenvalue weighted by Gasteiger charge is 2.08. The Morgan fingerprint density at radius 1 is 1.39 bits per heavy atom. The lowest BCUT2D eigenvalue weighted by Crippen LogP contribution is -2.06. The van der Waals surface area contributed by atoms with Gasteiger partial charge < -0.3 is 16.2 Å². The molecule has 4 N–H and O–H groups in total. The Morgan fingerprint density at radius 3 is 2.89 bits per heavy atom. The van der Waals surface area contributed by atoms with E-state index in [-0.39, 0.29) is 11.3 Å². The van der Waals surface area contributed by atoms with Gasteiger partial charge in [-0.05, 0) is 24.3 Å². The van der Waals surface area contributed by atoms with E-state index in [1.165, 1.54) is 12.4 Å². The van der Waals surface area contributed by atoms with E-state index in [1.807, 2.05) is 0 Å². The Balaban J connectivity index is 2.11. The molecule has 6 nitrogen and oxygen atoms in total. The van der Waals surface area contributed by atoms with Crippen LogP contribution in [0.1, 0.15) is 16.1 Å². The van der Waals surface area contributed by atoms with E-state index in [9.17, 15) is 4.79 Å². The third-order valence-corrected chi connectivity index (χ3v) is 2.40. The second-order valence-corrected chi connectivity index (χ2v) is 3.66. The first-order valence-electron chi connectivity index (χ1n) is 5.28. The summed E-state index contributed by atoms with van der Waals surface area (Å²) in [4.78, 5) is 18.8. The molecule has 0 bridgehead atoms. The van der Waals surface area contributed by atoms with Crippen molar-refractivity contribution in [2.45, 2.75) is 6.54 Å². The van der Waals surface area contributed by atoms with Crippen molar-refractivity contribution in [1.29, 1.82) is 0 Å². The third-order valence-electron chi connectivity index (χ3n) is 2.40. The van der Waals surface area contributed by atoms with Crippen LogP contribution in [0.2, 0.25) is 0 Å². The van der Waals surface area contributed by atoms with Gasteiger partial charge in [-0.3, -0.25) is 0 Å². The van der Waals surface area contributed by atoms with Crippen LogP contribution in [0.3, 0.4) is 0 Å². The average molecular weight is 244 g/mol. The molecular weight excluding hydrogens is 232 g/mol. The number of hydrogen-bond acceptors (Lipinski definition) is 5. The molecule has 0 amide bonds. The number of rotatable bonds is 4. The fourth-order valence-corrected chi connectivity index (χ4v) is 1.47. The van der Waals surface area contributed by atoms with Gasteiger partial charge in [-0.2, -0.15) is 0 Å². The second kappa shape index (κ2) is 5.13. The molecule has 0 saturated carbocycles. The summed E-state index contributed by atoms with van der Waals surface area (Å²) >= 11 is 0. The van der Waals surface area contributed by atoms with Crippen LogP contribution in [0.5, 0.6) is 0 Å². The number of carbonyl (C=O) groups is 1. The van der Waals surface area contributed by atoms with Gasteiger partial charge in [0, 0.05) is 17.6 Å². The van der Waals surface area contributed by atoms with Gasteiger partial charge in [0.1, 0.15) is 6.33 Å². The fraction of sp³-hybridized carbons (Fsp3) is 0.0833. The lowest BCUT2D eigenvalue weighted by atomic mass is 10.1. The minimum atomic E-state index is -1.04. The molecule has 0 aliphatic carbocycles.